The first-order valence-corrected chi connectivity index (χ1v) is 10.2. The van der Waals surface area contributed by atoms with E-state index in [1.165, 1.54) is 0 Å². The molecule has 0 aliphatic rings. The van der Waals surface area contributed by atoms with Crippen molar-refractivity contribution >= 4 is 5.97 Å². The maximum Gasteiger partial charge on any atom is 0.358 e. The standard InChI is InChI=1S/C24H27NO7/c1-4-17-18(10-11-19-23(24(26)27)25-13-30-19)22(16-8-6-5-7-9-16)21(32-15-29-3)12-20(17)31-14-28-2/h5-9,12-13H,4,10-11,14-15H2,1-3H3,(H,26,27). The Kier molecular flexibility index (Phi) is 8.24. The molecule has 0 spiro atoms. The van der Waals surface area contributed by atoms with Gasteiger partial charge in [-0.1, -0.05) is 37.3 Å². The van der Waals surface area contributed by atoms with Gasteiger partial charge in [-0.25, -0.2) is 9.78 Å². The lowest BCUT2D eigenvalue weighted by Crippen LogP contribution is -2.10. The van der Waals surface area contributed by atoms with Gasteiger partial charge in [0, 0.05) is 32.3 Å². The van der Waals surface area contributed by atoms with E-state index < -0.39 is 5.97 Å². The van der Waals surface area contributed by atoms with Gasteiger partial charge in [0.1, 0.15) is 17.3 Å². The van der Waals surface area contributed by atoms with Crippen LogP contribution in [0.1, 0.15) is 34.3 Å². The topological polar surface area (TPSA) is 100 Å². The molecule has 0 aliphatic heterocycles. The highest BCUT2D eigenvalue weighted by Gasteiger charge is 2.23. The van der Waals surface area contributed by atoms with E-state index in [1.807, 2.05) is 43.3 Å². The van der Waals surface area contributed by atoms with Crippen molar-refractivity contribution in [1.29, 1.82) is 0 Å². The first-order valence-electron chi connectivity index (χ1n) is 10.2. The molecule has 0 bridgehead atoms. The van der Waals surface area contributed by atoms with E-state index in [2.05, 4.69) is 4.98 Å². The van der Waals surface area contributed by atoms with Crippen LogP contribution in [-0.2, 0) is 28.7 Å². The number of hydrogen-bond acceptors (Lipinski definition) is 7. The van der Waals surface area contributed by atoms with Gasteiger partial charge in [0.2, 0.25) is 0 Å². The number of aromatic carboxylic acids is 1. The predicted molar refractivity (Wildman–Crippen MR) is 117 cm³/mol. The fourth-order valence-electron chi connectivity index (χ4n) is 3.66. The third kappa shape index (κ3) is 5.27. The highest BCUT2D eigenvalue weighted by atomic mass is 16.7. The molecular formula is C24H27NO7. The molecule has 0 atom stereocenters. The monoisotopic (exact) mass is 441 g/mol. The minimum absolute atomic E-state index is 0.0692. The zero-order valence-corrected chi connectivity index (χ0v) is 18.4. The number of carboxylic acid groups (broad SMARTS) is 1. The summed E-state index contributed by atoms with van der Waals surface area (Å²) in [5.41, 5.74) is 3.76. The highest BCUT2D eigenvalue weighted by molar-refractivity contribution is 5.86. The molecule has 0 amide bonds. The van der Waals surface area contributed by atoms with E-state index in [4.69, 9.17) is 23.4 Å². The van der Waals surface area contributed by atoms with Crippen molar-refractivity contribution in [2.75, 3.05) is 27.8 Å². The van der Waals surface area contributed by atoms with Gasteiger partial charge >= 0.3 is 5.97 Å². The van der Waals surface area contributed by atoms with Crippen LogP contribution in [0.2, 0.25) is 0 Å². The molecule has 1 N–H and O–H groups in total. The summed E-state index contributed by atoms with van der Waals surface area (Å²) in [6, 6.07) is 11.7. The Balaban J connectivity index is 2.14. The lowest BCUT2D eigenvalue weighted by molar-refractivity contribution is 0.0457. The van der Waals surface area contributed by atoms with E-state index in [9.17, 15) is 9.90 Å². The second kappa shape index (κ2) is 11.3. The van der Waals surface area contributed by atoms with Crippen LogP contribution in [0.15, 0.2) is 47.2 Å². The van der Waals surface area contributed by atoms with Crippen molar-refractivity contribution in [2.24, 2.45) is 0 Å². The molecule has 0 saturated heterocycles. The fourth-order valence-corrected chi connectivity index (χ4v) is 3.66. The first-order chi connectivity index (χ1) is 15.6. The van der Waals surface area contributed by atoms with Gasteiger partial charge in [0.25, 0.3) is 0 Å². The van der Waals surface area contributed by atoms with Crippen molar-refractivity contribution < 1.29 is 33.3 Å². The van der Waals surface area contributed by atoms with E-state index in [0.717, 1.165) is 28.6 Å². The molecule has 0 aliphatic carbocycles. The first kappa shape index (κ1) is 23.3. The molecule has 1 heterocycles. The van der Waals surface area contributed by atoms with Crippen molar-refractivity contribution in [3.05, 3.63) is 65.4 Å². The Labute approximate surface area is 186 Å². The van der Waals surface area contributed by atoms with Gasteiger partial charge in [-0.2, -0.15) is 0 Å². The zero-order chi connectivity index (χ0) is 22.9. The number of methoxy groups -OCH3 is 2. The molecule has 1 aromatic heterocycles. The lowest BCUT2D eigenvalue weighted by atomic mass is 9.89. The molecule has 3 rings (SSSR count). The number of carboxylic acids is 1. The number of aryl methyl sites for hydroxylation is 1. The molecule has 170 valence electrons. The van der Waals surface area contributed by atoms with E-state index >= 15 is 0 Å². The number of nitrogens with zero attached hydrogens (tertiary/aromatic N) is 1. The summed E-state index contributed by atoms with van der Waals surface area (Å²) in [5.74, 6) is 0.453. The van der Waals surface area contributed by atoms with Crippen molar-refractivity contribution in [1.82, 2.24) is 4.98 Å². The van der Waals surface area contributed by atoms with Crippen molar-refractivity contribution in [3.8, 4) is 22.6 Å². The Morgan fingerprint density at radius 1 is 1.00 bits per heavy atom. The Morgan fingerprint density at radius 2 is 1.69 bits per heavy atom. The largest absolute Gasteiger partial charge is 0.476 e. The van der Waals surface area contributed by atoms with Gasteiger partial charge in [-0.15, -0.1) is 0 Å². The average molecular weight is 441 g/mol. The summed E-state index contributed by atoms with van der Waals surface area (Å²) in [6.07, 6.45) is 2.70. The van der Waals surface area contributed by atoms with Crippen LogP contribution in [0.5, 0.6) is 11.5 Å². The Bertz CT molecular complexity index is 1030. The summed E-state index contributed by atoms with van der Waals surface area (Å²) < 4.78 is 27.4. The third-order valence-corrected chi connectivity index (χ3v) is 5.00. The van der Waals surface area contributed by atoms with Gasteiger partial charge in [-0.05, 0) is 29.5 Å². The summed E-state index contributed by atoms with van der Waals surface area (Å²) in [7, 11) is 3.12. The SMILES string of the molecule is CCc1c(OCOC)cc(OCOC)c(-c2ccccc2)c1CCc1ocnc1C(=O)O. The predicted octanol–water partition coefficient (Wildman–Crippen LogP) is 4.35. The molecule has 0 radical (unpaired) electrons. The number of benzene rings is 2. The summed E-state index contributed by atoms with van der Waals surface area (Å²) in [6.45, 7) is 2.20. The summed E-state index contributed by atoms with van der Waals surface area (Å²) in [5, 5.41) is 9.38. The van der Waals surface area contributed by atoms with E-state index in [-0.39, 0.29) is 19.3 Å². The molecule has 3 aromatic rings. The molecule has 0 fully saturated rings. The number of carbonyl (C=O) groups is 1. The number of ether oxygens (including phenoxy) is 4. The number of oxazole rings is 1. The smallest absolute Gasteiger partial charge is 0.358 e. The number of aromatic nitrogens is 1. The quantitative estimate of drug-likeness (QED) is 0.414. The molecule has 0 unspecified atom stereocenters. The number of hydrogen-bond donors (Lipinski definition) is 1. The van der Waals surface area contributed by atoms with Crippen LogP contribution in [-0.4, -0.2) is 43.9 Å². The molecule has 32 heavy (non-hydrogen) atoms. The van der Waals surface area contributed by atoms with Crippen molar-refractivity contribution in [3.63, 3.8) is 0 Å². The van der Waals surface area contributed by atoms with Crippen LogP contribution in [0.4, 0.5) is 0 Å². The minimum atomic E-state index is -1.12. The zero-order valence-electron chi connectivity index (χ0n) is 18.4. The third-order valence-electron chi connectivity index (χ3n) is 5.00. The summed E-state index contributed by atoms with van der Waals surface area (Å²) >= 11 is 0. The second-order valence-electron chi connectivity index (χ2n) is 6.96. The summed E-state index contributed by atoms with van der Waals surface area (Å²) in [4.78, 5) is 15.3. The molecule has 8 nitrogen and oxygen atoms in total. The van der Waals surface area contributed by atoms with Gasteiger partial charge in [0.05, 0.1) is 0 Å². The van der Waals surface area contributed by atoms with Crippen LogP contribution in [0.25, 0.3) is 11.1 Å². The van der Waals surface area contributed by atoms with Crippen LogP contribution < -0.4 is 9.47 Å². The van der Waals surface area contributed by atoms with Crippen LogP contribution in [0.3, 0.4) is 0 Å². The molecular weight excluding hydrogens is 414 g/mol. The minimum Gasteiger partial charge on any atom is -0.476 e. The molecule has 0 saturated carbocycles. The maximum atomic E-state index is 11.5. The Hall–Kier alpha value is -3.36. The molecule has 2 aromatic carbocycles. The second-order valence-corrected chi connectivity index (χ2v) is 6.96. The normalized spacial score (nSPS) is 10.8. The van der Waals surface area contributed by atoms with Crippen molar-refractivity contribution in [2.45, 2.75) is 26.2 Å². The maximum absolute atomic E-state index is 11.5. The lowest BCUT2D eigenvalue weighted by Gasteiger charge is -2.22. The van der Waals surface area contributed by atoms with E-state index in [0.29, 0.717) is 36.5 Å². The van der Waals surface area contributed by atoms with Crippen LogP contribution in [0, 0.1) is 0 Å². The fraction of sp³-hybridized carbons (Fsp3) is 0.333. The van der Waals surface area contributed by atoms with Gasteiger partial charge in [-0.3, -0.25) is 0 Å². The Morgan fingerprint density at radius 3 is 2.31 bits per heavy atom. The highest BCUT2D eigenvalue weighted by Crippen LogP contribution is 2.41. The van der Waals surface area contributed by atoms with E-state index in [1.54, 1.807) is 14.2 Å². The van der Waals surface area contributed by atoms with Gasteiger partial charge < -0.3 is 28.5 Å². The molecule has 8 heteroatoms. The van der Waals surface area contributed by atoms with Gasteiger partial charge in [0.15, 0.2) is 25.7 Å². The average Bonchev–Trinajstić information content (AvgIpc) is 3.29. The number of rotatable bonds is 12. The van der Waals surface area contributed by atoms with Crippen LogP contribution >= 0.6 is 0 Å².